The van der Waals surface area contributed by atoms with Crippen LogP contribution in [0, 0.1) is 11.3 Å². The molecule has 2 atom stereocenters. The highest BCUT2D eigenvalue weighted by Crippen LogP contribution is 2.35. The molecule has 2 N–H and O–H groups in total. The van der Waals surface area contributed by atoms with E-state index in [1.165, 1.54) is 24.8 Å². The number of anilines is 1. The highest BCUT2D eigenvalue weighted by atomic mass is 16.2. The Morgan fingerprint density at radius 1 is 1.04 bits per heavy atom. The van der Waals surface area contributed by atoms with Crippen LogP contribution in [0.15, 0.2) is 54.6 Å². The molecule has 144 valence electrons. The zero-order chi connectivity index (χ0) is 19.3. The molecule has 5 nitrogen and oxygen atoms in total. The number of piperidine rings is 2. The number of amides is 2. The zero-order valence-corrected chi connectivity index (χ0v) is 16.0. The summed E-state index contributed by atoms with van der Waals surface area (Å²) in [4.78, 5) is 15.1. The Labute approximate surface area is 166 Å². The summed E-state index contributed by atoms with van der Waals surface area (Å²) in [5.41, 5.74) is 2.66. The number of benzene rings is 2. The number of nitriles is 1. The maximum absolute atomic E-state index is 12.4. The Balaban J connectivity index is 1.34. The lowest BCUT2D eigenvalue weighted by atomic mass is 9.81. The van der Waals surface area contributed by atoms with Gasteiger partial charge in [-0.3, -0.25) is 4.90 Å². The number of nitrogens with one attached hydrogen (secondary N) is 2. The fraction of sp³-hybridized carbons (Fsp3) is 0.391. The highest BCUT2D eigenvalue weighted by Gasteiger charge is 2.38. The third-order valence-electron chi connectivity index (χ3n) is 5.94. The fourth-order valence-corrected chi connectivity index (χ4v) is 4.63. The van der Waals surface area contributed by atoms with Crippen molar-refractivity contribution in [3.05, 3.63) is 65.7 Å². The van der Waals surface area contributed by atoms with Crippen molar-refractivity contribution in [1.29, 1.82) is 5.26 Å². The molecule has 5 heteroatoms. The molecule has 2 fully saturated rings. The quantitative estimate of drug-likeness (QED) is 0.840. The van der Waals surface area contributed by atoms with E-state index in [1.807, 2.05) is 0 Å². The van der Waals surface area contributed by atoms with Gasteiger partial charge in [-0.25, -0.2) is 4.79 Å². The number of rotatable bonds is 4. The lowest BCUT2D eigenvalue weighted by molar-refractivity contribution is 0.0200. The second kappa shape index (κ2) is 8.45. The van der Waals surface area contributed by atoms with Crippen molar-refractivity contribution in [2.45, 2.75) is 56.8 Å². The molecular formula is C23H26N4O. The molecule has 2 aromatic rings. The summed E-state index contributed by atoms with van der Waals surface area (Å²) in [5, 5.41) is 14.9. The van der Waals surface area contributed by atoms with E-state index in [9.17, 15) is 4.79 Å². The van der Waals surface area contributed by atoms with Crippen molar-refractivity contribution >= 4 is 11.7 Å². The minimum absolute atomic E-state index is 0.163. The second-order valence-electron chi connectivity index (χ2n) is 7.85. The number of hydrogen-bond donors (Lipinski definition) is 2. The summed E-state index contributed by atoms with van der Waals surface area (Å²) in [5.74, 6) is 0. The SMILES string of the molecule is N#Cc1ccc(NC(=O)NC2CC3CCCC(C2)N3Cc2ccccc2)cc1. The standard InChI is InChI=1S/C23H26N4O/c24-15-17-9-11-19(12-10-17)25-23(28)26-20-13-21-7-4-8-22(14-20)27(21)16-18-5-2-1-3-6-18/h1-3,5-6,9-12,20-22H,4,7-8,13-14,16H2,(H2,25,26,28). The average molecular weight is 374 g/mol. The van der Waals surface area contributed by atoms with E-state index in [0.29, 0.717) is 23.3 Å². The summed E-state index contributed by atoms with van der Waals surface area (Å²) in [6, 6.07) is 20.8. The first-order valence-electron chi connectivity index (χ1n) is 10.1. The summed E-state index contributed by atoms with van der Waals surface area (Å²) < 4.78 is 0. The van der Waals surface area contributed by atoms with Crippen LogP contribution in [0.4, 0.5) is 10.5 Å². The predicted molar refractivity (Wildman–Crippen MR) is 110 cm³/mol. The van der Waals surface area contributed by atoms with Crippen molar-refractivity contribution in [3.8, 4) is 6.07 Å². The largest absolute Gasteiger partial charge is 0.335 e. The van der Waals surface area contributed by atoms with Crippen LogP contribution in [0.2, 0.25) is 0 Å². The Kier molecular flexibility index (Phi) is 5.59. The molecule has 2 aliphatic rings. The third-order valence-corrected chi connectivity index (χ3v) is 5.94. The number of carbonyl (C=O) groups excluding carboxylic acids is 1. The smallest absolute Gasteiger partial charge is 0.319 e. The minimum atomic E-state index is -0.163. The van der Waals surface area contributed by atoms with Gasteiger partial charge in [0.25, 0.3) is 0 Å². The molecular weight excluding hydrogens is 348 g/mol. The van der Waals surface area contributed by atoms with Gasteiger partial charge in [0.1, 0.15) is 0 Å². The van der Waals surface area contributed by atoms with Crippen molar-refractivity contribution < 1.29 is 4.79 Å². The monoisotopic (exact) mass is 374 g/mol. The first-order valence-corrected chi connectivity index (χ1v) is 10.1. The molecule has 4 rings (SSSR count). The summed E-state index contributed by atoms with van der Waals surface area (Å²) in [6.07, 6.45) is 5.70. The van der Waals surface area contributed by atoms with E-state index in [1.54, 1.807) is 24.3 Å². The molecule has 2 aromatic carbocycles. The van der Waals surface area contributed by atoms with E-state index >= 15 is 0 Å². The van der Waals surface area contributed by atoms with Gasteiger partial charge in [0.2, 0.25) is 0 Å². The van der Waals surface area contributed by atoms with Gasteiger partial charge in [-0.1, -0.05) is 36.8 Å². The number of fused-ring (bicyclic) bond motifs is 2. The number of hydrogen-bond acceptors (Lipinski definition) is 3. The molecule has 0 aromatic heterocycles. The first kappa shape index (κ1) is 18.5. The average Bonchev–Trinajstić information content (AvgIpc) is 2.70. The number of carbonyl (C=O) groups is 1. The zero-order valence-electron chi connectivity index (χ0n) is 16.0. The molecule has 2 unspecified atom stereocenters. The van der Waals surface area contributed by atoms with Gasteiger partial charge < -0.3 is 10.6 Å². The first-order chi connectivity index (χ1) is 13.7. The summed E-state index contributed by atoms with van der Waals surface area (Å²) in [7, 11) is 0. The number of nitrogens with zero attached hydrogens (tertiary/aromatic N) is 2. The van der Waals surface area contributed by atoms with E-state index in [4.69, 9.17) is 5.26 Å². The van der Waals surface area contributed by atoms with Crippen LogP contribution in [-0.4, -0.2) is 29.1 Å². The lowest BCUT2D eigenvalue weighted by Crippen LogP contribution is -2.56. The van der Waals surface area contributed by atoms with Crippen LogP contribution in [0.3, 0.4) is 0 Å². The molecule has 0 saturated carbocycles. The van der Waals surface area contributed by atoms with Crippen LogP contribution >= 0.6 is 0 Å². The molecule has 0 radical (unpaired) electrons. The van der Waals surface area contributed by atoms with Gasteiger partial charge in [-0.2, -0.15) is 5.26 Å². The van der Waals surface area contributed by atoms with Crippen LogP contribution in [0.1, 0.15) is 43.2 Å². The third kappa shape index (κ3) is 4.35. The minimum Gasteiger partial charge on any atom is -0.335 e. The second-order valence-corrected chi connectivity index (χ2v) is 7.85. The highest BCUT2D eigenvalue weighted by molar-refractivity contribution is 5.89. The van der Waals surface area contributed by atoms with Gasteiger partial charge in [-0.15, -0.1) is 0 Å². The Hall–Kier alpha value is -2.84. The lowest BCUT2D eigenvalue weighted by Gasteiger charge is -2.49. The molecule has 2 saturated heterocycles. The van der Waals surface area contributed by atoms with Crippen molar-refractivity contribution in [1.82, 2.24) is 10.2 Å². The van der Waals surface area contributed by atoms with E-state index in [2.05, 4.69) is 51.9 Å². The predicted octanol–water partition coefficient (Wildman–Crippen LogP) is 4.27. The van der Waals surface area contributed by atoms with Crippen LogP contribution in [-0.2, 0) is 6.54 Å². The van der Waals surface area contributed by atoms with Crippen LogP contribution in [0.25, 0.3) is 0 Å². The van der Waals surface area contributed by atoms with Gasteiger partial charge >= 0.3 is 6.03 Å². The molecule has 28 heavy (non-hydrogen) atoms. The van der Waals surface area contributed by atoms with Gasteiger partial charge in [0, 0.05) is 30.4 Å². The molecule has 0 aliphatic carbocycles. The summed E-state index contributed by atoms with van der Waals surface area (Å²) >= 11 is 0. The number of urea groups is 1. The van der Waals surface area contributed by atoms with Gasteiger partial charge in [0.05, 0.1) is 11.6 Å². The summed E-state index contributed by atoms with van der Waals surface area (Å²) in [6.45, 7) is 1.00. The maximum Gasteiger partial charge on any atom is 0.319 e. The van der Waals surface area contributed by atoms with Crippen molar-refractivity contribution in [2.24, 2.45) is 0 Å². The molecule has 2 aliphatic heterocycles. The van der Waals surface area contributed by atoms with Gasteiger partial charge in [-0.05, 0) is 55.5 Å². The Morgan fingerprint density at radius 2 is 1.71 bits per heavy atom. The van der Waals surface area contributed by atoms with Gasteiger partial charge in [0.15, 0.2) is 0 Å². The Bertz CT molecular complexity index is 829. The Morgan fingerprint density at radius 3 is 2.36 bits per heavy atom. The van der Waals surface area contributed by atoms with Crippen LogP contribution < -0.4 is 10.6 Å². The molecule has 2 bridgehead atoms. The normalized spacial score (nSPS) is 24.2. The fourth-order valence-electron chi connectivity index (χ4n) is 4.63. The van der Waals surface area contributed by atoms with Crippen molar-refractivity contribution in [2.75, 3.05) is 5.32 Å². The van der Waals surface area contributed by atoms with E-state index in [-0.39, 0.29) is 12.1 Å². The molecule has 0 spiro atoms. The topological polar surface area (TPSA) is 68.2 Å². The van der Waals surface area contributed by atoms with E-state index in [0.717, 1.165) is 19.4 Å². The maximum atomic E-state index is 12.4. The van der Waals surface area contributed by atoms with Crippen LogP contribution in [0.5, 0.6) is 0 Å². The molecule has 2 heterocycles. The van der Waals surface area contributed by atoms with Crippen molar-refractivity contribution in [3.63, 3.8) is 0 Å². The van der Waals surface area contributed by atoms with E-state index < -0.39 is 0 Å². The molecule has 2 amide bonds.